The van der Waals surface area contributed by atoms with E-state index in [1.54, 1.807) is 6.92 Å². The summed E-state index contributed by atoms with van der Waals surface area (Å²) in [7, 11) is 0. The molecule has 3 rings (SSSR count). The number of aliphatic hydroxyl groups excluding tert-OH is 1. The Hall–Kier alpha value is -1.08. The van der Waals surface area contributed by atoms with Crippen LogP contribution < -0.4 is 0 Å². The summed E-state index contributed by atoms with van der Waals surface area (Å²) in [5.41, 5.74) is 0.987. The number of aliphatic hydroxyl groups is 1. The molecule has 2 aliphatic heterocycles. The van der Waals surface area contributed by atoms with Gasteiger partial charge in [0.2, 0.25) is 0 Å². The van der Waals surface area contributed by atoms with Gasteiger partial charge in [0.15, 0.2) is 24.8 Å². The molecule has 2 heterocycles. The number of rotatable bonds is 8. The molecule has 0 aromatic heterocycles. The molecule has 2 fully saturated rings. The van der Waals surface area contributed by atoms with Gasteiger partial charge in [0.1, 0.15) is 17.0 Å². The van der Waals surface area contributed by atoms with Crippen LogP contribution in [0.3, 0.4) is 0 Å². The summed E-state index contributed by atoms with van der Waals surface area (Å²) >= 11 is 6.91. The van der Waals surface area contributed by atoms with Gasteiger partial charge in [-0.2, -0.15) is 0 Å². The lowest BCUT2D eigenvalue weighted by atomic mass is 9.99. The molecule has 9 atom stereocenters. The number of halogens is 2. The van der Waals surface area contributed by atoms with Crippen LogP contribution in [0.25, 0.3) is 0 Å². The van der Waals surface area contributed by atoms with Crippen LogP contribution in [0.1, 0.15) is 32.8 Å². The maximum atomic E-state index is 11.8. The Kier molecular flexibility index (Phi) is 10.3. The molecule has 0 aliphatic carbocycles. The predicted molar refractivity (Wildman–Crippen MR) is 127 cm³/mol. The van der Waals surface area contributed by atoms with Gasteiger partial charge in [-0.05, 0) is 12.5 Å². The average molecular weight is 610 g/mol. The number of hydrogen-bond donors (Lipinski definition) is 1. The summed E-state index contributed by atoms with van der Waals surface area (Å²) < 4.78 is 35.1. The summed E-state index contributed by atoms with van der Waals surface area (Å²) in [6, 6.07) is 9.68. The van der Waals surface area contributed by atoms with E-state index in [1.165, 1.54) is 13.8 Å². The number of hydrogen-bond acceptors (Lipinski definition) is 9. The van der Waals surface area contributed by atoms with Crippen molar-refractivity contribution in [3.8, 4) is 0 Å². The normalized spacial score (nSPS) is 36.0. The summed E-state index contributed by atoms with van der Waals surface area (Å²) in [5.74, 6) is -1.05. The van der Waals surface area contributed by atoms with Gasteiger partial charge >= 0.3 is 11.9 Å². The van der Waals surface area contributed by atoms with E-state index in [1.807, 2.05) is 30.3 Å². The number of esters is 2. The maximum absolute atomic E-state index is 11.8. The lowest BCUT2D eigenvalue weighted by molar-refractivity contribution is -0.309. The molecule has 2 saturated heterocycles. The van der Waals surface area contributed by atoms with Crippen molar-refractivity contribution in [2.24, 2.45) is 0 Å². The second-order valence-corrected chi connectivity index (χ2v) is 9.96. The summed E-state index contributed by atoms with van der Waals surface area (Å²) in [5, 5.41) is 10.5. The van der Waals surface area contributed by atoms with E-state index >= 15 is 0 Å². The first-order valence-electron chi connectivity index (χ1n) is 11.0. The van der Waals surface area contributed by atoms with Crippen LogP contribution in [0.4, 0.5) is 0 Å². The van der Waals surface area contributed by atoms with Crippen LogP contribution in [-0.4, -0.2) is 76.4 Å². The molecular weight excluding hydrogens is 580 g/mol. The Bertz CT molecular complexity index is 811. The smallest absolute Gasteiger partial charge is 0.303 e. The Balaban J connectivity index is 1.77. The third-order valence-corrected chi connectivity index (χ3v) is 7.15. The summed E-state index contributed by atoms with van der Waals surface area (Å²) in [4.78, 5) is 22.8. The van der Waals surface area contributed by atoms with Gasteiger partial charge in [-0.15, -0.1) is 0 Å². The van der Waals surface area contributed by atoms with E-state index < -0.39 is 66.0 Å². The van der Waals surface area contributed by atoms with Gasteiger partial charge in [0.25, 0.3) is 0 Å². The third kappa shape index (κ3) is 7.22. The fourth-order valence-electron chi connectivity index (χ4n) is 4.07. The molecule has 11 heteroatoms. The highest BCUT2D eigenvalue weighted by atomic mass is 79.9. The average Bonchev–Trinajstić information content (AvgIpc) is 2.78. The number of alkyl halides is 2. The van der Waals surface area contributed by atoms with Crippen molar-refractivity contribution in [3.05, 3.63) is 35.9 Å². The molecule has 0 amide bonds. The van der Waals surface area contributed by atoms with E-state index in [2.05, 4.69) is 31.9 Å². The van der Waals surface area contributed by atoms with Gasteiger partial charge in [-0.3, -0.25) is 9.59 Å². The summed E-state index contributed by atoms with van der Waals surface area (Å²) in [6.07, 6.45) is -5.55. The van der Waals surface area contributed by atoms with Crippen molar-refractivity contribution in [1.82, 2.24) is 0 Å². The minimum Gasteiger partial charge on any atom is -0.457 e. The molecule has 0 radical (unpaired) electrons. The van der Waals surface area contributed by atoms with Crippen LogP contribution in [-0.2, 0) is 44.6 Å². The van der Waals surface area contributed by atoms with Crippen molar-refractivity contribution < 1.29 is 43.1 Å². The third-order valence-electron chi connectivity index (χ3n) is 5.56. The molecular formula is C23H30Br2O9. The van der Waals surface area contributed by atoms with Gasteiger partial charge in [-0.1, -0.05) is 62.2 Å². The molecule has 190 valence electrons. The first kappa shape index (κ1) is 27.5. The second-order valence-electron chi connectivity index (χ2n) is 8.26. The van der Waals surface area contributed by atoms with Gasteiger partial charge in [0, 0.05) is 25.6 Å². The fraction of sp³-hybridized carbons (Fsp3) is 0.652. The van der Waals surface area contributed by atoms with Gasteiger partial charge < -0.3 is 33.5 Å². The summed E-state index contributed by atoms with van der Waals surface area (Å²) in [6.45, 7) is 4.68. The molecule has 2 aliphatic rings. The monoisotopic (exact) mass is 608 g/mol. The van der Waals surface area contributed by atoms with Crippen LogP contribution >= 0.6 is 31.9 Å². The Morgan fingerprint density at radius 1 is 1.06 bits per heavy atom. The quantitative estimate of drug-likeness (QED) is 0.351. The Labute approximate surface area is 215 Å². The van der Waals surface area contributed by atoms with Crippen molar-refractivity contribution >= 4 is 43.8 Å². The minimum absolute atomic E-state index is 0.215. The number of benzene rings is 1. The van der Waals surface area contributed by atoms with E-state index in [0.717, 1.165) is 5.56 Å². The van der Waals surface area contributed by atoms with E-state index in [0.29, 0.717) is 11.9 Å². The maximum Gasteiger partial charge on any atom is 0.303 e. The van der Waals surface area contributed by atoms with Crippen LogP contribution in [0, 0.1) is 0 Å². The van der Waals surface area contributed by atoms with Crippen molar-refractivity contribution in [2.45, 2.75) is 87.8 Å². The van der Waals surface area contributed by atoms with Crippen molar-refractivity contribution in [2.75, 3.05) is 5.33 Å². The first-order chi connectivity index (χ1) is 16.2. The minimum atomic E-state index is -0.986. The molecule has 0 saturated carbocycles. The number of ether oxygens (including phenoxy) is 6. The zero-order valence-electron chi connectivity index (χ0n) is 19.2. The van der Waals surface area contributed by atoms with Crippen molar-refractivity contribution in [1.29, 1.82) is 0 Å². The van der Waals surface area contributed by atoms with E-state index in [9.17, 15) is 14.7 Å². The van der Waals surface area contributed by atoms with Gasteiger partial charge in [-0.25, -0.2) is 0 Å². The molecule has 0 unspecified atom stereocenters. The largest absolute Gasteiger partial charge is 0.457 e. The van der Waals surface area contributed by atoms with Crippen LogP contribution in [0.5, 0.6) is 0 Å². The number of carbonyl (C=O) groups is 2. The zero-order valence-corrected chi connectivity index (χ0v) is 22.3. The van der Waals surface area contributed by atoms with Gasteiger partial charge in [0.05, 0.1) is 18.8 Å². The SMILES string of the molecule is CC(=O)O[C@@H]1[C@@H](Br)[C@@H](O[C@@H]2[C@@H](C)O[C@H](O)C[C@H]2OCc2ccccc2)O[C@H](CBr)[C@H]1OC(C)=O. The standard InChI is InChI=1S/C23H30Br2O9/c1-12-20(16(9-18(28)30-12)29-11-15-7-5-4-6-8-15)34-23-19(25)22(32-14(3)27)21(31-13(2)26)17(10-24)33-23/h4-8,12,16-23,28H,9-11H2,1-3H3/t12-,16-,17-,18+,19-,20-,21-,22-,23-/m1/s1. The van der Waals surface area contributed by atoms with Crippen molar-refractivity contribution in [3.63, 3.8) is 0 Å². The highest BCUT2D eigenvalue weighted by molar-refractivity contribution is 9.09. The highest BCUT2D eigenvalue weighted by Gasteiger charge is 2.51. The second kappa shape index (κ2) is 12.8. The predicted octanol–water partition coefficient (Wildman–Crippen LogP) is 2.83. The molecule has 9 nitrogen and oxygen atoms in total. The first-order valence-corrected chi connectivity index (χ1v) is 13.1. The fourth-order valence-corrected chi connectivity index (χ4v) is 5.25. The van der Waals surface area contributed by atoms with Crippen LogP contribution in [0.15, 0.2) is 30.3 Å². The molecule has 34 heavy (non-hydrogen) atoms. The topological polar surface area (TPSA) is 110 Å². The molecule has 1 aromatic rings. The van der Waals surface area contributed by atoms with E-state index in [4.69, 9.17) is 28.4 Å². The lowest BCUT2D eigenvalue weighted by Gasteiger charge is -2.46. The molecule has 0 bridgehead atoms. The Morgan fingerprint density at radius 3 is 2.32 bits per heavy atom. The lowest BCUT2D eigenvalue weighted by Crippen LogP contribution is -2.61. The number of carbonyl (C=O) groups excluding carboxylic acids is 2. The molecule has 0 spiro atoms. The van der Waals surface area contributed by atoms with Crippen LogP contribution in [0.2, 0.25) is 0 Å². The Morgan fingerprint density at radius 2 is 1.71 bits per heavy atom. The zero-order chi connectivity index (χ0) is 24.8. The molecule has 1 N–H and O–H groups in total. The highest BCUT2D eigenvalue weighted by Crippen LogP contribution is 2.35. The van der Waals surface area contributed by atoms with E-state index in [-0.39, 0.29) is 6.42 Å². The molecule has 1 aromatic carbocycles.